The normalized spacial score (nSPS) is 40.0. The van der Waals surface area contributed by atoms with Gasteiger partial charge in [0.05, 0.1) is 5.75 Å². The average Bonchev–Trinajstić information content (AvgIpc) is 2.58. The van der Waals surface area contributed by atoms with Crippen molar-refractivity contribution in [3.05, 3.63) is 0 Å². The quantitative estimate of drug-likeness (QED) is 0.783. The molecule has 4 nitrogen and oxygen atoms in total. The minimum Gasteiger partial charge on any atom is -0.330 e. The van der Waals surface area contributed by atoms with Crippen LogP contribution in [0.5, 0.6) is 0 Å². The monoisotopic (exact) mass is 246 g/mol. The first kappa shape index (κ1) is 12.3. The molecule has 0 amide bonds. The molecule has 3 atom stereocenters. The van der Waals surface area contributed by atoms with E-state index >= 15 is 0 Å². The van der Waals surface area contributed by atoms with Crippen molar-refractivity contribution in [3.63, 3.8) is 0 Å². The Labute approximate surface area is 98.2 Å². The molecule has 3 unspecified atom stereocenters. The summed E-state index contributed by atoms with van der Waals surface area (Å²) in [6.45, 7) is 3.53. The van der Waals surface area contributed by atoms with Crippen LogP contribution in [0.3, 0.4) is 0 Å². The van der Waals surface area contributed by atoms with Gasteiger partial charge in [0, 0.05) is 12.6 Å². The van der Waals surface area contributed by atoms with Crippen molar-refractivity contribution in [2.45, 2.75) is 38.6 Å². The van der Waals surface area contributed by atoms with Crippen molar-refractivity contribution in [3.8, 4) is 0 Å². The zero-order valence-corrected chi connectivity index (χ0v) is 10.7. The molecule has 1 heterocycles. The minimum absolute atomic E-state index is 0.168. The predicted octanol–water partition coefficient (Wildman–Crippen LogP) is 0.785. The van der Waals surface area contributed by atoms with E-state index in [1.165, 1.54) is 6.42 Å². The summed E-state index contributed by atoms with van der Waals surface area (Å²) in [6.07, 6.45) is 4.03. The van der Waals surface area contributed by atoms with Gasteiger partial charge in [-0.3, -0.25) is 0 Å². The van der Waals surface area contributed by atoms with Gasteiger partial charge in [-0.15, -0.1) is 0 Å². The lowest BCUT2D eigenvalue weighted by molar-refractivity contribution is 0.157. The van der Waals surface area contributed by atoms with E-state index < -0.39 is 10.0 Å². The average molecular weight is 246 g/mol. The first-order valence-electron chi connectivity index (χ1n) is 6.24. The molecule has 5 heteroatoms. The van der Waals surface area contributed by atoms with Gasteiger partial charge in [-0.2, -0.15) is 4.31 Å². The Kier molecular flexibility index (Phi) is 3.56. The van der Waals surface area contributed by atoms with Crippen LogP contribution in [0.4, 0.5) is 0 Å². The van der Waals surface area contributed by atoms with E-state index in [-0.39, 0.29) is 6.04 Å². The van der Waals surface area contributed by atoms with Gasteiger partial charge in [0.25, 0.3) is 0 Å². The molecule has 0 spiro atoms. The van der Waals surface area contributed by atoms with Crippen molar-refractivity contribution < 1.29 is 8.42 Å². The molecule has 0 radical (unpaired) electrons. The fraction of sp³-hybridized carbons (Fsp3) is 1.00. The molecular formula is C11H22N2O2S. The summed E-state index contributed by atoms with van der Waals surface area (Å²) in [6, 6.07) is 0.168. The van der Waals surface area contributed by atoms with Crippen LogP contribution in [-0.2, 0) is 10.0 Å². The minimum atomic E-state index is -2.98. The third-order valence-corrected chi connectivity index (χ3v) is 6.00. The Morgan fingerprint density at radius 1 is 1.38 bits per heavy atom. The number of sulfonamides is 1. The fourth-order valence-corrected chi connectivity index (χ4v) is 4.88. The first-order chi connectivity index (χ1) is 7.54. The largest absolute Gasteiger partial charge is 0.330 e. The zero-order chi connectivity index (χ0) is 11.8. The molecule has 0 aromatic rings. The highest BCUT2D eigenvalue weighted by Gasteiger charge is 2.40. The molecule has 1 saturated heterocycles. The maximum atomic E-state index is 11.9. The van der Waals surface area contributed by atoms with Crippen LogP contribution < -0.4 is 5.73 Å². The van der Waals surface area contributed by atoms with Gasteiger partial charge in [-0.25, -0.2) is 8.42 Å². The third kappa shape index (κ3) is 2.26. The van der Waals surface area contributed by atoms with Crippen molar-refractivity contribution >= 4 is 10.0 Å². The Morgan fingerprint density at radius 2 is 2.12 bits per heavy atom. The van der Waals surface area contributed by atoms with Gasteiger partial charge in [0.2, 0.25) is 10.0 Å². The van der Waals surface area contributed by atoms with E-state index in [2.05, 4.69) is 6.92 Å². The van der Waals surface area contributed by atoms with Gasteiger partial charge in [0.1, 0.15) is 0 Å². The van der Waals surface area contributed by atoms with Crippen LogP contribution in [-0.4, -0.2) is 37.6 Å². The molecule has 0 aromatic heterocycles. The smallest absolute Gasteiger partial charge is 0.214 e. The van der Waals surface area contributed by atoms with E-state index in [1.54, 1.807) is 4.31 Å². The summed E-state index contributed by atoms with van der Waals surface area (Å²) >= 11 is 0. The van der Waals surface area contributed by atoms with E-state index in [4.69, 9.17) is 5.73 Å². The maximum Gasteiger partial charge on any atom is 0.214 e. The Bertz CT molecular complexity index is 342. The topological polar surface area (TPSA) is 63.4 Å². The highest BCUT2D eigenvalue weighted by atomic mass is 32.2. The predicted molar refractivity (Wildman–Crippen MR) is 64.5 cm³/mol. The maximum absolute atomic E-state index is 11.9. The number of rotatable bonds is 2. The molecule has 1 aliphatic heterocycles. The summed E-state index contributed by atoms with van der Waals surface area (Å²) in [7, 11) is -2.98. The number of hydrogen-bond donors (Lipinski definition) is 1. The van der Waals surface area contributed by atoms with Crippen LogP contribution in [0, 0.1) is 11.8 Å². The highest BCUT2D eigenvalue weighted by Crippen LogP contribution is 2.34. The van der Waals surface area contributed by atoms with Crippen LogP contribution in [0.2, 0.25) is 0 Å². The summed E-state index contributed by atoms with van der Waals surface area (Å²) in [5.41, 5.74) is 5.77. The summed E-state index contributed by atoms with van der Waals surface area (Å²) in [5, 5.41) is 0. The Morgan fingerprint density at radius 3 is 2.69 bits per heavy atom. The summed E-state index contributed by atoms with van der Waals surface area (Å²) in [5.74, 6) is 1.32. The number of nitrogens with zero attached hydrogens (tertiary/aromatic N) is 1. The second-order valence-electron chi connectivity index (χ2n) is 5.26. The van der Waals surface area contributed by atoms with E-state index in [1.807, 2.05) is 0 Å². The lowest BCUT2D eigenvalue weighted by Gasteiger charge is -2.38. The third-order valence-electron chi connectivity index (χ3n) is 4.03. The summed E-state index contributed by atoms with van der Waals surface area (Å²) < 4.78 is 25.6. The molecule has 0 aromatic carbocycles. The van der Waals surface area contributed by atoms with Gasteiger partial charge in [-0.1, -0.05) is 13.3 Å². The molecule has 2 N–H and O–H groups in total. The van der Waals surface area contributed by atoms with Crippen LogP contribution in [0.15, 0.2) is 0 Å². The van der Waals surface area contributed by atoms with Crippen LogP contribution in [0.1, 0.15) is 32.6 Å². The molecule has 2 rings (SSSR count). The lowest BCUT2D eigenvalue weighted by Crippen LogP contribution is -2.47. The van der Waals surface area contributed by atoms with Crippen LogP contribution in [0.25, 0.3) is 0 Å². The van der Waals surface area contributed by atoms with Crippen molar-refractivity contribution in [1.29, 1.82) is 0 Å². The molecule has 2 aliphatic rings. The van der Waals surface area contributed by atoms with Gasteiger partial charge in [0.15, 0.2) is 0 Å². The van der Waals surface area contributed by atoms with E-state index in [0.29, 0.717) is 30.7 Å². The summed E-state index contributed by atoms with van der Waals surface area (Å²) in [4.78, 5) is 0. The second kappa shape index (κ2) is 4.63. The molecule has 16 heavy (non-hydrogen) atoms. The van der Waals surface area contributed by atoms with E-state index in [9.17, 15) is 8.42 Å². The van der Waals surface area contributed by atoms with Crippen molar-refractivity contribution in [2.75, 3.05) is 18.8 Å². The second-order valence-corrected chi connectivity index (χ2v) is 7.30. The van der Waals surface area contributed by atoms with Crippen molar-refractivity contribution in [2.24, 2.45) is 17.6 Å². The van der Waals surface area contributed by atoms with Crippen molar-refractivity contribution in [1.82, 2.24) is 4.31 Å². The highest BCUT2D eigenvalue weighted by molar-refractivity contribution is 7.89. The Hall–Kier alpha value is -0.130. The van der Waals surface area contributed by atoms with Crippen LogP contribution >= 0.6 is 0 Å². The van der Waals surface area contributed by atoms with Gasteiger partial charge >= 0.3 is 0 Å². The Balaban J connectivity index is 2.16. The number of nitrogens with two attached hydrogens (primary N) is 1. The molecule has 1 saturated carbocycles. The van der Waals surface area contributed by atoms with E-state index in [0.717, 1.165) is 19.3 Å². The number of hydrogen-bond acceptors (Lipinski definition) is 3. The van der Waals surface area contributed by atoms with Gasteiger partial charge in [-0.05, 0) is 37.6 Å². The SMILES string of the molecule is CC1CCC(CN)C(N2CCCS2(=O)=O)C1. The van der Waals surface area contributed by atoms with Gasteiger partial charge < -0.3 is 5.73 Å². The molecular weight excluding hydrogens is 224 g/mol. The molecule has 2 fully saturated rings. The molecule has 0 bridgehead atoms. The standard InChI is InChI=1S/C11H22N2O2S/c1-9-3-4-10(8-12)11(7-9)13-5-2-6-16(13,14)15/h9-11H,2-8,12H2,1H3. The molecule has 1 aliphatic carbocycles. The lowest BCUT2D eigenvalue weighted by atomic mass is 9.79. The zero-order valence-electron chi connectivity index (χ0n) is 9.93. The first-order valence-corrected chi connectivity index (χ1v) is 7.85. The molecule has 94 valence electrons. The fourth-order valence-electron chi connectivity index (χ4n) is 3.07.